The first-order valence-electron chi connectivity index (χ1n) is 14.4. The summed E-state index contributed by atoms with van der Waals surface area (Å²) < 4.78 is 27.4. The Morgan fingerprint density at radius 1 is 0.897 bits per heavy atom. The number of hydrogen-bond donors (Lipinski definition) is 1. The lowest BCUT2D eigenvalue weighted by molar-refractivity contribution is 0.0284. The minimum Gasteiger partial charge on any atom is -0.508 e. The van der Waals surface area contributed by atoms with Gasteiger partial charge in [-0.3, -0.25) is 0 Å². The normalized spacial score (nSPS) is 25.8. The van der Waals surface area contributed by atoms with E-state index in [4.69, 9.17) is 0 Å². The molecule has 206 valence electrons. The predicted octanol–water partition coefficient (Wildman–Crippen LogP) is 6.50. The van der Waals surface area contributed by atoms with Gasteiger partial charge in [0.25, 0.3) is 0 Å². The molecule has 0 aromatic heterocycles. The van der Waals surface area contributed by atoms with Gasteiger partial charge < -0.3 is 19.8 Å². The van der Waals surface area contributed by atoms with Gasteiger partial charge in [0.05, 0.1) is 0 Å². The van der Waals surface area contributed by atoms with Crippen molar-refractivity contribution in [1.82, 2.24) is 9.80 Å². The fourth-order valence-electron chi connectivity index (χ4n) is 7.68. The lowest BCUT2D eigenvalue weighted by Gasteiger charge is -2.56. The molecule has 2 bridgehead atoms. The lowest BCUT2D eigenvalue weighted by Crippen LogP contribution is -2.58. The van der Waals surface area contributed by atoms with E-state index >= 15 is 0 Å². The molecule has 0 amide bonds. The molecule has 3 aliphatic rings. The van der Waals surface area contributed by atoms with Crippen molar-refractivity contribution in [1.29, 1.82) is 0 Å². The molecule has 4 nitrogen and oxygen atoms in total. The van der Waals surface area contributed by atoms with Crippen LogP contribution >= 0.6 is 0 Å². The van der Waals surface area contributed by atoms with Crippen LogP contribution in [0.2, 0.25) is 0 Å². The summed E-state index contributed by atoms with van der Waals surface area (Å²) in [6.45, 7) is 6.53. The molecule has 2 saturated heterocycles. The Kier molecular flexibility index (Phi) is 7.11. The van der Waals surface area contributed by atoms with Gasteiger partial charge in [0, 0.05) is 42.0 Å². The third-order valence-electron chi connectivity index (χ3n) is 9.99. The van der Waals surface area contributed by atoms with E-state index < -0.39 is 0 Å². The number of anilines is 2. The minimum atomic E-state index is -0.255. The summed E-state index contributed by atoms with van der Waals surface area (Å²) in [7, 11) is 2.26. The zero-order valence-electron chi connectivity index (χ0n) is 23.0. The largest absolute Gasteiger partial charge is 0.508 e. The fraction of sp³-hybridized carbons (Fsp3) is 0.455. The first-order valence-corrected chi connectivity index (χ1v) is 14.4. The Hall–Kier alpha value is -2.96. The zero-order chi connectivity index (χ0) is 27.1. The standard InChI is InChI=1S/C33H39F2N3O/c1-23-32-21-24-3-12-30(39)22-31(24)33(23,15-19-36(32)2)16-20-37-17-13-29(14-18-37)38(27-8-4-25(34)5-9-27)28-10-6-26(35)7-11-28/h3-12,22-23,29,32,39H,13-21H2,1-2H3/t23-,32+,33-/m1/s1. The maximum atomic E-state index is 13.7. The zero-order valence-corrected chi connectivity index (χ0v) is 23.0. The van der Waals surface area contributed by atoms with Crippen LogP contribution in [-0.4, -0.2) is 60.2 Å². The van der Waals surface area contributed by atoms with Crippen LogP contribution in [0.4, 0.5) is 20.2 Å². The Morgan fingerprint density at radius 3 is 2.13 bits per heavy atom. The number of likely N-dealkylation sites (tertiary alicyclic amines) is 2. The number of phenolic OH excluding ortho intramolecular Hbond substituents is 1. The van der Waals surface area contributed by atoms with Crippen molar-refractivity contribution < 1.29 is 13.9 Å². The number of halogens is 2. The van der Waals surface area contributed by atoms with Crippen molar-refractivity contribution in [3.8, 4) is 5.75 Å². The Morgan fingerprint density at radius 2 is 1.51 bits per heavy atom. The average Bonchev–Trinajstić information content (AvgIpc) is 2.94. The number of piperidine rings is 2. The smallest absolute Gasteiger partial charge is 0.123 e. The minimum absolute atomic E-state index is 0.0919. The van der Waals surface area contributed by atoms with Gasteiger partial charge in [-0.15, -0.1) is 0 Å². The molecule has 2 aliphatic heterocycles. The Labute approximate surface area is 230 Å². The Balaban J connectivity index is 1.18. The molecule has 0 spiro atoms. The third-order valence-corrected chi connectivity index (χ3v) is 9.99. The van der Waals surface area contributed by atoms with Gasteiger partial charge in [-0.1, -0.05) is 13.0 Å². The van der Waals surface area contributed by atoms with Gasteiger partial charge in [0.1, 0.15) is 17.4 Å². The number of likely N-dealkylation sites (N-methyl/N-ethyl adjacent to an activating group) is 1. The van der Waals surface area contributed by atoms with Crippen LogP contribution < -0.4 is 4.90 Å². The maximum absolute atomic E-state index is 13.7. The Bertz CT molecular complexity index is 1240. The molecule has 1 aliphatic carbocycles. The predicted molar refractivity (Wildman–Crippen MR) is 153 cm³/mol. The summed E-state index contributed by atoms with van der Waals surface area (Å²) in [5, 5.41) is 10.4. The molecule has 2 heterocycles. The molecule has 0 unspecified atom stereocenters. The fourth-order valence-corrected chi connectivity index (χ4v) is 7.68. The van der Waals surface area contributed by atoms with E-state index in [2.05, 4.69) is 34.7 Å². The summed E-state index contributed by atoms with van der Waals surface area (Å²) in [5.41, 5.74) is 4.73. The highest BCUT2D eigenvalue weighted by molar-refractivity contribution is 5.64. The van der Waals surface area contributed by atoms with Gasteiger partial charge in [0.15, 0.2) is 0 Å². The summed E-state index contributed by atoms with van der Waals surface area (Å²) >= 11 is 0. The van der Waals surface area contributed by atoms with Crippen LogP contribution in [0, 0.1) is 17.6 Å². The van der Waals surface area contributed by atoms with Gasteiger partial charge in [-0.2, -0.15) is 0 Å². The summed E-state index contributed by atoms with van der Waals surface area (Å²) in [6.07, 6.45) is 5.25. The summed E-state index contributed by atoms with van der Waals surface area (Å²) in [4.78, 5) is 7.37. The monoisotopic (exact) mass is 531 g/mol. The molecule has 3 aromatic rings. The quantitative estimate of drug-likeness (QED) is 0.393. The van der Waals surface area contributed by atoms with Gasteiger partial charge >= 0.3 is 0 Å². The lowest BCUT2D eigenvalue weighted by atomic mass is 9.56. The molecule has 6 heteroatoms. The highest BCUT2D eigenvalue weighted by Gasteiger charge is 2.50. The van der Waals surface area contributed by atoms with Crippen LogP contribution in [0.3, 0.4) is 0 Å². The molecule has 0 radical (unpaired) electrons. The second-order valence-electron chi connectivity index (χ2n) is 11.9. The van der Waals surface area contributed by atoms with Crippen LogP contribution in [0.5, 0.6) is 5.75 Å². The number of rotatable bonds is 6. The van der Waals surface area contributed by atoms with Gasteiger partial charge in [-0.25, -0.2) is 8.78 Å². The van der Waals surface area contributed by atoms with Gasteiger partial charge in [-0.05, 0) is 130 Å². The summed E-state index contributed by atoms with van der Waals surface area (Å²) in [6, 6.07) is 20.1. The number of phenols is 1. The van der Waals surface area contributed by atoms with E-state index in [1.165, 1.54) is 35.4 Å². The molecule has 39 heavy (non-hydrogen) atoms. The van der Waals surface area contributed by atoms with Crippen LogP contribution in [-0.2, 0) is 11.8 Å². The van der Waals surface area contributed by atoms with E-state index in [0.29, 0.717) is 17.7 Å². The highest BCUT2D eigenvalue weighted by atomic mass is 19.1. The molecule has 2 fully saturated rings. The van der Waals surface area contributed by atoms with Crippen LogP contribution in [0.1, 0.15) is 43.7 Å². The molecule has 0 saturated carbocycles. The first kappa shape index (κ1) is 26.3. The molecular weight excluding hydrogens is 492 g/mol. The van der Waals surface area contributed by atoms with E-state index in [-0.39, 0.29) is 23.1 Å². The van der Waals surface area contributed by atoms with Crippen molar-refractivity contribution in [3.05, 3.63) is 89.5 Å². The SMILES string of the molecule is C[C@@H]1[C@@H]2Cc3ccc(O)cc3[C@@]1(CCN1CCC(N(c3ccc(F)cc3)c3ccc(F)cc3)CC1)CCN2C. The van der Waals surface area contributed by atoms with E-state index in [0.717, 1.165) is 69.7 Å². The molecule has 3 aromatic carbocycles. The first-order chi connectivity index (χ1) is 18.8. The van der Waals surface area contributed by atoms with E-state index in [1.807, 2.05) is 36.4 Å². The second-order valence-corrected chi connectivity index (χ2v) is 11.9. The third kappa shape index (κ3) is 4.93. The van der Waals surface area contributed by atoms with E-state index in [1.54, 1.807) is 0 Å². The molecular formula is C33H39F2N3O. The van der Waals surface area contributed by atoms with Crippen LogP contribution in [0.25, 0.3) is 0 Å². The maximum Gasteiger partial charge on any atom is 0.123 e. The average molecular weight is 532 g/mol. The summed E-state index contributed by atoms with van der Waals surface area (Å²) in [5.74, 6) is 0.403. The van der Waals surface area contributed by atoms with Crippen LogP contribution in [0.15, 0.2) is 66.7 Å². The van der Waals surface area contributed by atoms with Crippen molar-refractivity contribution in [2.24, 2.45) is 5.92 Å². The van der Waals surface area contributed by atoms with Gasteiger partial charge in [0.2, 0.25) is 0 Å². The highest BCUT2D eigenvalue weighted by Crippen LogP contribution is 2.51. The van der Waals surface area contributed by atoms with Crippen molar-refractivity contribution in [2.45, 2.75) is 56.5 Å². The number of benzene rings is 3. The second kappa shape index (κ2) is 10.5. The van der Waals surface area contributed by atoms with Crippen molar-refractivity contribution in [2.75, 3.05) is 38.1 Å². The van der Waals surface area contributed by atoms with Crippen molar-refractivity contribution >= 4 is 11.4 Å². The van der Waals surface area contributed by atoms with E-state index in [9.17, 15) is 13.9 Å². The molecule has 3 atom stereocenters. The number of hydrogen-bond acceptors (Lipinski definition) is 4. The molecule has 1 N–H and O–H groups in total. The van der Waals surface area contributed by atoms with Crippen molar-refractivity contribution in [3.63, 3.8) is 0 Å². The molecule has 6 rings (SSSR count). The number of aromatic hydroxyl groups is 1. The topological polar surface area (TPSA) is 30.0 Å². The number of fused-ring (bicyclic) bond motifs is 4. The number of nitrogens with zero attached hydrogens (tertiary/aromatic N) is 3.